The Morgan fingerprint density at radius 2 is 2.31 bits per heavy atom. The van der Waals surface area contributed by atoms with Crippen molar-refractivity contribution in [1.29, 1.82) is 5.26 Å². The van der Waals surface area contributed by atoms with Gasteiger partial charge >= 0.3 is 0 Å². The van der Waals surface area contributed by atoms with Crippen molar-refractivity contribution in [1.82, 2.24) is 0 Å². The molecule has 0 amide bonds. The van der Waals surface area contributed by atoms with Gasteiger partial charge in [0.25, 0.3) is 5.69 Å². The summed E-state index contributed by atoms with van der Waals surface area (Å²) in [7, 11) is 0. The van der Waals surface area contributed by atoms with Crippen LogP contribution in [-0.4, -0.2) is 11.0 Å². The number of nitro benzene ring substituents is 1. The molecule has 0 fully saturated rings. The lowest BCUT2D eigenvalue weighted by atomic mass is 10.2. The molecule has 5 heteroatoms. The summed E-state index contributed by atoms with van der Waals surface area (Å²) in [5, 5.41) is 19.3. The predicted octanol–water partition coefficient (Wildman–Crippen LogP) is 2.58. The molecule has 1 aromatic rings. The van der Waals surface area contributed by atoms with E-state index < -0.39 is 11.0 Å². The molecule has 0 aliphatic rings. The lowest BCUT2D eigenvalue weighted by Gasteiger charge is -2.10. The van der Waals surface area contributed by atoms with Crippen LogP contribution in [0.1, 0.15) is 18.9 Å². The maximum Gasteiger partial charge on any atom is 0.272 e. The normalized spacial score (nSPS) is 11.6. The van der Waals surface area contributed by atoms with Crippen LogP contribution in [0.3, 0.4) is 0 Å². The Labute approximate surface area is 93.4 Å². The van der Waals surface area contributed by atoms with Crippen LogP contribution in [0.25, 0.3) is 0 Å². The molecule has 5 nitrogen and oxygen atoms in total. The van der Waals surface area contributed by atoms with E-state index in [1.165, 1.54) is 12.1 Å². The van der Waals surface area contributed by atoms with Crippen molar-refractivity contribution in [2.24, 2.45) is 0 Å². The van der Waals surface area contributed by atoms with E-state index in [4.69, 9.17) is 10.00 Å². The van der Waals surface area contributed by atoms with Gasteiger partial charge in [-0.25, -0.2) is 0 Å². The highest BCUT2D eigenvalue weighted by atomic mass is 16.6. The second-order valence-electron chi connectivity index (χ2n) is 3.35. The molecular formula is C11H12N2O3. The first-order chi connectivity index (χ1) is 7.58. The van der Waals surface area contributed by atoms with Crippen molar-refractivity contribution in [2.75, 3.05) is 0 Å². The monoisotopic (exact) mass is 220 g/mol. The largest absolute Gasteiger partial charge is 0.476 e. The minimum Gasteiger partial charge on any atom is -0.476 e. The second-order valence-corrected chi connectivity index (χ2v) is 3.35. The molecule has 0 aliphatic heterocycles. The number of hydrogen-bond donors (Lipinski definition) is 0. The van der Waals surface area contributed by atoms with E-state index in [-0.39, 0.29) is 5.69 Å². The molecule has 84 valence electrons. The number of nitriles is 1. The third-order valence-electron chi connectivity index (χ3n) is 2.16. The molecule has 0 spiro atoms. The Bertz CT molecular complexity index is 437. The molecule has 16 heavy (non-hydrogen) atoms. The van der Waals surface area contributed by atoms with Crippen LogP contribution in [0.15, 0.2) is 18.2 Å². The minimum atomic E-state index is -0.513. The molecule has 0 heterocycles. The van der Waals surface area contributed by atoms with Crippen molar-refractivity contribution in [3.05, 3.63) is 33.9 Å². The van der Waals surface area contributed by atoms with Crippen molar-refractivity contribution >= 4 is 5.69 Å². The third kappa shape index (κ3) is 2.70. The highest BCUT2D eigenvalue weighted by Gasteiger charge is 2.12. The van der Waals surface area contributed by atoms with Crippen LogP contribution in [0.2, 0.25) is 0 Å². The van der Waals surface area contributed by atoms with Crippen molar-refractivity contribution in [3.8, 4) is 11.8 Å². The molecule has 1 rings (SSSR count). The predicted molar refractivity (Wildman–Crippen MR) is 58.2 cm³/mol. The molecule has 1 unspecified atom stereocenters. The van der Waals surface area contributed by atoms with Gasteiger partial charge in [0.1, 0.15) is 11.8 Å². The Kier molecular flexibility index (Phi) is 3.84. The van der Waals surface area contributed by atoms with Gasteiger partial charge in [0, 0.05) is 11.6 Å². The van der Waals surface area contributed by atoms with E-state index >= 15 is 0 Å². The van der Waals surface area contributed by atoms with Crippen LogP contribution in [-0.2, 0) is 0 Å². The van der Waals surface area contributed by atoms with Gasteiger partial charge in [-0.15, -0.1) is 0 Å². The number of hydrogen-bond acceptors (Lipinski definition) is 4. The Balaban J connectivity index is 2.90. The molecule has 0 saturated carbocycles. The number of benzene rings is 1. The van der Waals surface area contributed by atoms with E-state index in [0.717, 1.165) is 0 Å². The SMILES string of the molecule is CCC(C#N)Oc1ccc([N+](=O)[O-])c(C)c1. The summed E-state index contributed by atoms with van der Waals surface area (Å²) < 4.78 is 5.34. The molecule has 0 radical (unpaired) electrons. The molecule has 0 bridgehead atoms. The van der Waals surface area contributed by atoms with Gasteiger partial charge in [-0.2, -0.15) is 5.26 Å². The summed E-state index contributed by atoms with van der Waals surface area (Å²) in [5.74, 6) is 0.483. The number of aryl methyl sites for hydroxylation is 1. The summed E-state index contributed by atoms with van der Waals surface area (Å²) in [6.45, 7) is 3.48. The van der Waals surface area contributed by atoms with Crippen molar-refractivity contribution < 1.29 is 9.66 Å². The molecule has 1 atom stereocenters. The van der Waals surface area contributed by atoms with Gasteiger partial charge in [-0.1, -0.05) is 6.92 Å². The quantitative estimate of drug-likeness (QED) is 0.577. The van der Waals surface area contributed by atoms with Crippen LogP contribution in [0.5, 0.6) is 5.75 Å². The van der Waals surface area contributed by atoms with Gasteiger partial charge in [-0.05, 0) is 25.5 Å². The van der Waals surface area contributed by atoms with Crippen LogP contribution < -0.4 is 4.74 Å². The zero-order chi connectivity index (χ0) is 12.1. The maximum absolute atomic E-state index is 10.6. The van der Waals surface area contributed by atoms with Crippen LogP contribution in [0, 0.1) is 28.4 Å². The fraction of sp³-hybridized carbons (Fsp3) is 0.364. The van der Waals surface area contributed by atoms with Gasteiger partial charge in [0.05, 0.1) is 4.92 Å². The molecule has 0 aromatic heterocycles. The minimum absolute atomic E-state index is 0.0531. The fourth-order valence-corrected chi connectivity index (χ4v) is 1.27. The Morgan fingerprint density at radius 1 is 1.62 bits per heavy atom. The topological polar surface area (TPSA) is 76.2 Å². The van der Waals surface area contributed by atoms with E-state index in [2.05, 4.69) is 0 Å². The van der Waals surface area contributed by atoms with Crippen LogP contribution in [0.4, 0.5) is 5.69 Å². The summed E-state index contributed by atoms with van der Waals surface area (Å²) in [6, 6.07) is 6.46. The summed E-state index contributed by atoms with van der Waals surface area (Å²) >= 11 is 0. The van der Waals surface area contributed by atoms with Gasteiger partial charge in [0.2, 0.25) is 0 Å². The van der Waals surface area contributed by atoms with E-state index in [9.17, 15) is 10.1 Å². The standard InChI is InChI=1S/C11H12N2O3/c1-3-9(7-12)16-10-4-5-11(13(14)15)8(2)6-10/h4-6,9H,3H2,1-2H3. The highest BCUT2D eigenvalue weighted by Crippen LogP contribution is 2.23. The summed E-state index contributed by atoms with van der Waals surface area (Å²) in [5.41, 5.74) is 0.577. The Morgan fingerprint density at radius 3 is 2.75 bits per heavy atom. The average Bonchev–Trinajstić information content (AvgIpc) is 2.25. The average molecular weight is 220 g/mol. The molecule has 1 aromatic carbocycles. The second kappa shape index (κ2) is 5.12. The number of nitrogens with zero attached hydrogens (tertiary/aromatic N) is 2. The van der Waals surface area contributed by atoms with E-state index in [1.54, 1.807) is 13.0 Å². The highest BCUT2D eigenvalue weighted by molar-refractivity contribution is 5.44. The zero-order valence-corrected chi connectivity index (χ0v) is 9.14. The molecular weight excluding hydrogens is 208 g/mol. The van der Waals surface area contributed by atoms with E-state index in [1.807, 2.05) is 13.0 Å². The maximum atomic E-state index is 10.6. The first-order valence-corrected chi connectivity index (χ1v) is 4.89. The van der Waals surface area contributed by atoms with Gasteiger partial charge in [0.15, 0.2) is 6.10 Å². The van der Waals surface area contributed by atoms with Gasteiger partial charge in [-0.3, -0.25) is 10.1 Å². The van der Waals surface area contributed by atoms with Crippen molar-refractivity contribution in [3.63, 3.8) is 0 Å². The lowest BCUT2D eigenvalue weighted by Crippen LogP contribution is -2.12. The van der Waals surface area contributed by atoms with Gasteiger partial charge < -0.3 is 4.74 Å². The Hall–Kier alpha value is -2.09. The number of nitro groups is 1. The van der Waals surface area contributed by atoms with Crippen molar-refractivity contribution in [2.45, 2.75) is 26.4 Å². The summed E-state index contributed by atoms with van der Waals surface area (Å²) in [6.07, 6.45) is 0.0628. The molecule has 0 saturated heterocycles. The fourth-order valence-electron chi connectivity index (χ4n) is 1.27. The first-order valence-electron chi connectivity index (χ1n) is 4.89. The third-order valence-corrected chi connectivity index (χ3v) is 2.16. The lowest BCUT2D eigenvalue weighted by molar-refractivity contribution is -0.385. The van der Waals surface area contributed by atoms with Crippen LogP contribution >= 0.6 is 0 Å². The van der Waals surface area contributed by atoms with E-state index in [0.29, 0.717) is 17.7 Å². The zero-order valence-electron chi connectivity index (χ0n) is 9.14. The number of rotatable bonds is 4. The smallest absolute Gasteiger partial charge is 0.272 e. The summed E-state index contributed by atoms with van der Waals surface area (Å²) in [4.78, 5) is 10.1. The molecule has 0 N–H and O–H groups in total. The number of ether oxygens (including phenoxy) is 1. The molecule has 0 aliphatic carbocycles. The first kappa shape index (κ1) is 12.0.